The van der Waals surface area contributed by atoms with E-state index in [1.54, 1.807) is 12.1 Å². The minimum atomic E-state index is -0.716. The number of methoxy groups -OCH3 is 2. The van der Waals surface area contributed by atoms with Gasteiger partial charge in [0.2, 0.25) is 0 Å². The van der Waals surface area contributed by atoms with Gasteiger partial charge >= 0.3 is 5.97 Å². The summed E-state index contributed by atoms with van der Waals surface area (Å²) >= 11 is 0.665. The average Bonchev–Trinajstić information content (AvgIpc) is 3.27. The van der Waals surface area contributed by atoms with E-state index < -0.39 is 28.6 Å². The van der Waals surface area contributed by atoms with Crippen LogP contribution in [0.4, 0.5) is 10.5 Å². The molecule has 0 spiro atoms. The van der Waals surface area contributed by atoms with Gasteiger partial charge in [-0.15, -0.1) is 0 Å². The number of non-ortho nitro benzene ring substituents is 1. The molecule has 10 nitrogen and oxygen atoms in total. The van der Waals surface area contributed by atoms with Crippen molar-refractivity contribution in [3.63, 3.8) is 0 Å². The van der Waals surface area contributed by atoms with Crippen molar-refractivity contribution in [2.75, 3.05) is 20.8 Å². The number of nitrogens with zero attached hydrogens (tertiary/aromatic N) is 2. The smallest absolute Gasteiger partial charge is 0.325 e. The van der Waals surface area contributed by atoms with E-state index >= 15 is 0 Å². The maximum atomic E-state index is 12.3. The molecule has 2 amide bonds. The van der Waals surface area contributed by atoms with E-state index in [1.807, 2.05) is 0 Å². The number of carbonyl (C=O) groups excluding carboxylic acids is 3. The molecule has 2 aromatic rings. The fourth-order valence-corrected chi connectivity index (χ4v) is 3.35. The van der Waals surface area contributed by atoms with Crippen LogP contribution in [0.1, 0.15) is 5.76 Å². The van der Waals surface area contributed by atoms with Crippen molar-refractivity contribution >= 4 is 40.6 Å². The van der Waals surface area contributed by atoms with Gasteiger partial charge in [0.1, 0.15) is 23.8 Å². The SMILES string of the molecule is COC(=O)CN1C(=O)S/C(=C/c2ccc(-c3cc([N+](=O)[O-])ccc3OC)o2)C1=O. The molecule has 0 unspecified atom stereocenters. The summed E-state index contributed by atoms with van der Waals surface area (Å²) < 4.78 is 15.4. The fourth-order valence-electron chi connectivity index (χ4n) is 2.54. The summed E-state index contributed by atoms with van der Waals surface area (Å²) in [4.78, 5) is 47.0. The van der Waals surface area contributed by atoms with Crippen molar-refractivity contribution in [1.82, 2.24) is 4.90 Å². The van der Waals surface area contributed by atoms with E-state index in [-0.39, 0.29) is 22.1 Å². The standard InChI is InChI=1S/C18H14N2O8S/c1-26-13-5-3-10(20(24)25)7-12(13)14-6-4-11(28-14)8-15-17(22)19(18(23)29-15)9-16(21)27-2/h3-8H,9H2,1-2H3/b15-8+. The lowest BCUT2D eigenvalue weighted by atomic mass is 10.1. The van der Waals surface area contributed by atoms with Crippen LogP contribution in [0.5, 0.6) is 5.75 Å². The second-order valence-corrected chi connectivity index (χ2v) is 6.68. The van der Waals surface area contributed by atoms with Gasteiger partial charge in [-0.2, -0.15) is 0 Å². The van der Waals surface area contributed by atoms with Crippen LogP contribution in [0.3, 0.4) is 0 Å². The highest BCUT2D eigenvalue weighted by Gasteiger charge is 2.36. The minimum absolute atomic E-state index is 0.0748. The zero-order chi connectivity index (χ0) is 21.1. The first kappa shape index (κ1) is 20.1. The van der Waals surface area contributed by atoms with E-state index in [4.69, 9.17) is 9.15 Å². The van der Waals surface area contributed by atoms with Gasteiger partial charge in [-0.05, 0) is 30.0 Å². The Kier molecular flexibility index (Phi) is 5.69. The molecule has 0 bridgehead atoms. The second-order valence-electron chi connectivity index (χ2n) is 5.69. The van der Waals surface area contributed by atoms with Crippen molar-refractivity contribution in [2.45, 2.75) is 0 Å². The van der Waals surface area contributed by atoms with Crippen molar-refractivity contribution in [3.8, 4) is 17.1 Å². The van der Waals surface area contributed by atoms with Gasteiger partial charge in [-0.1, -0.05) is 0 Å². The average molecular weight is 418 g/mol. The summed E-state index contributed by atoms with van der Waals surface area (Å²) in [5, 5.41) is 10.4. The van der Waals surface area contributed by atoms with E-state index in [9.17, 15) is 24.5 Å². The Morgan fingerprint density at radius 3 is 2.69 bits per heavy atom. The van der Waals surface area contributed by atoms with Crippen LogP contribution >= 0.6 is 11.8 Å². The lowest BCUT2D eigenvalue weighted by Crippen LogP contribution is -2.34. The monoisotopic (exact) mass is 418 g/mol. The molecule has 0 saturated carbocycles. The highest BCUT2D eigenvalue weighted by Crippen LogP contribution is 2.36. The number of benzene rings is 1. The Balaban J connectivity index is 1.89. The van der Waals surface area contributed by atoms with Crippen molar-refractivity contribution in [3.05, 3.63) is 51.1 Å². The summed E-state index contributed by atoms with van der Waals surface area (Å²) in [6, 6.07) is 7.18. The van der Waals surface area contributed by atoms with Crippen LogP contribution in [-0.4, -0.2) is 47.7 Å². The van der Waals surface area contributed by atoms with Gasteiger partial charge < -0.3 is 13.9 Å². The van der Waals surface area contributed by atoms with Gasteiger partial charge in [0.05, 0.1) is 29.6 Å². The second kappa shape index (κ2) is 8.19. The Labute approximate surface area is 168 Å². The summed E-state index contributed by atoms with van der Waals surface area (Å²) in [6.45, 7) is -0.479. The van der Waals surface area contributed by atoms with Crippen LogP contribution in [0.15, 0.2) is 39.7 Å². The molecule has 1 aromatic carbocycles. The summed E-state index contributed by atoms with van der Waals surface area (Å²) in [6.07, 6.45) is 1.36. The lowest BCUT2D eigenvalue weighted by Gasteiger charge is -2.09. The molecule has 0 N–H and O–H groups in total. The summed E-state index contributed by atoms with van der Waals surface area (Å²) in [5.41, 5.74) is 0.225. The predicted octanol–water partition coefficient (Wildman–Crippen LogP) is 3.07. The van der Waals surface area contributed by atoms with Crippen LogP contribution in [0.2, 0.25) is 0 Å². The topological polar surface area (TPSA) is 129 Å². The molecule has 3 rings (SSSR count). The molecule has 1 fully saturated rings. The molecule has 1 aliphatic rings. The van der Waals surface area contributed by atoms with Crippen molar-refractivity contribution < 1.29 is 33.2 Å². The fraction of sp³-hybridized carbons (Fsp3) is 0.167. The number of furan rings is 1. The maximum Gasteiger partial charge on any atom is 0.325 e. The van der Waals surface area contributed by atoms with Crippen molar-refractivity contribution in [1.29, 1.82) is 0 Å². The Morgan fingerprint density at radius 1 is 1.28 bits per heavy atom. The molecule has 1 aromatic heterocycles. The number of nitro groups is 1. The number of hydrogen-bond acceptors (Lipinski definition) is 9. The first-order chi connectivity index (χ1) is 13.8. The molecule has 1 saturated heterocycles. The number of esters is 1. The molecule has 1 aliphatic heterocycles. The van der Waals surface area contributed by atoms with Crippen LogP contribution in [-0.2, 0) is 14.3 Å². The minimum Gasteiger partial charge on any atom is -0.496 e. The number of nitro benzene ring substituents is 1. The van der Waals surface area contributed by atoms with Gasteiger partial charge in [0.15, 0.2) is 0 Å². The third-order valence-corrected chi connectivity index (χ3v) is 4.86. The third-order valence-electron chi connectivity index (χ3n) is 3.95. The van der Waals surface area contributed by atoms with Crippen LogP contribution in [0, 0.1) is 10.1 Å². The predicted molar refractivity (Wildman–Crippen MR) is 102 cm³/mol. The van der Waals surface area contributed by atoms with E-state index in [0.29, 0.717) is 23.1 Å². The molecule has 0 atom stereocenters. The normalized spacial score (nSPS) is 15.1. The highest BCUT2D eigenvalue weighted by atomic mass is 32.2. The number of thioether (sulfide) groups is 1. The number of rotatable bonds is 6. The zero-order valence-electron chi connectivity index (χ0n) is 15.2. The maximum absolute atomic E-state index is 12.3. The first-order valence-electron chi connectivity index (χ1n) is 8.09. The largest absolute Gasteiger partial charge is 0.496 e. The number of ether oxygens (including phenoxy) is 2. The number of amides is 2. The quantitative estimate of drug-likeness (QED) is 0.301. The van der Waals surface area contributed by atoms with E-state index in [1.165, 1.54) is 31.4 Å². The van der Waals surface area contributed by atoms with Gasteiger partial charge in [-0.3, -0.25) is 29.4 Å². The summed E-state index contributed by atoms with van der Waals surface area (Å²) in [5.74, 6) is -0.458. The number of imide groups is 1. The highest BCUT2D eigenvalue weighted by molar-refractivity contribution is 8.18. The summed E-state index contributed by atoms with van der Waals surface area (Å²) in [7, 11) is 2.58. The van der Waals surface area contributed by atoms with Gasteiger partial charge in [0.25, 0.3) is 16.8 Å². The molecule has 29 heavy (non-hydrogen) atoms. The Morgan fingerprint density at radius 2 is 2.03 bits per heavy atom. The van der Waals surface area contributed by atoms with E-state index in [0.717, 1.165) is 12.0 Å². The van der Waals surface area contributed by atoms with Crippen molar-refractivity contribution in [2.24, 2.45) is 0 Å². The molecular formula is C18H14N2O8S. The Bertz CT molecular complexity index is 1040. The molecule has 0 radical (unpaired) electrons. The molecular weight excluding hydrogens is 404 g/mol. The van der Waals surface area contributed by atoms with Crippen LogP contribution in [0.25, 0.3) is 17.4 Å². The third kappa shape index (κ3) is 4.14. The van der Waals surface area contributed by atoms with Gasteiger partial charge in [-0.25, -0.2) is 0 Å². The number of hydrogen-bond donors (Lipinski definition) is 0. The number of carbonyl (C=O) groups is 3. The molecule has 2 heterocycles. The van der Waals surface area contributed by atoms with E-state index in [2.05, 4.69) is 4.74 Å². The molecule has 11 heteroatoms. The lowest BCUT2D eigenvalue weighted by molar-refractivity contribution is -0.384. The van der Waals surface area contributed by atoms with Gasteiger partial charge in [0, 0.05) is 18.2 Å². The van der Waals surface area contributed by atoms with Crippen LogP contribution < -0.4 is 4.74 Å². The molecule has 0 aliphatic carbocycles. The Hall–Kier alpha value is -3.60. The zero-order valence-corrected chi connectivity index (χ0v) is 16.1. The first-order valence-corrected chi connectivity index (χ1v) is 8.90. The molecule has 150 valence electrons.